The molecule has 1 aromatic heterocycles. The van der Waals surface area contributed by atoms with E-state index in [2.05, 4.69) is 30.7 Å². The lowest BCUT2D eigenvalue weighted by Gasteiger charge is -2.34. The van der Waals surface area contributed by atoms with Crippen LogP contribution in [0, 0.1) is 13.8 Å². The largest absolute Gasteiger partial charge is 0.358 e. The first-order valence-corrected chi connectivity index (χ1v) is 7.70. The maximum atomic E-state index is 12.7. The van der Waals surface area contributed by atoms with E-state index in [0.29, 0.717) is 0 Å². The highest BCUT2D eigenvalue weighted by atomic mass is 16.2. The van der Waals surface area contributed by atoms with E-state index in [9.17, 15) is 4.79 Å². The Balaban J connectivity index is 1.83. The number of piperazine rings is 1. The summed E-state index contributed by atoms with van der Waals surface area (Å²) in [5.74, 6) is 0.158. The predicted molar refractivity (Wildman–Crippen MR) is 85.8 cm³/mol. The average Bonchev–Trinajstić information content (AvgIpc) is 2.81. The summed E-state index contributed by atoms with van der Waals surface area (Å²) in [7, 11) is 0. The fraction of sp³-hybridized carbons (Fsp3) is 0.471. The first-order valence-electron chi connectivity index (χ1n) is 7.70. The van der Waals surface area contributed by atoms with E-state index in [4.69, 9.17) is 0 Å². The summed E-state index contributed by atoms with van der Waals surface area (Å²) in [6.07, 6.45) is 0. The molecule has 2 heterocycles. The zero-order chi connectivity index (χ0) is 15.0. The fourth-order valence-corrected chi connectivity index (χ4v) is 3.04. The Morgan fingerprint density at radius 3 is 2.57 bits per heavy atom. The van der Waals surface area contributed by atoms with Crippen LogP contribution in [0.1, 0.15) is 28.5 Å². The minimum Gasteiger partial charge on any atom is -0.358 e. The van der Waals surface area contributed by atoms with Crippen LogP contribution in [0.5, 0.6) is 0 Å². The van der Waals surface area contributed by atoms with E-state index in [1.165, 1.54) is 11.3 Å². The number of hydrogen-bond acceptors (Lipinski definition) is 2. The van der Waals surface area contributed by atoms with Gasteiger partial charge in [0.05, 0.1) is 0 Å². The van der Waals surface area contributed by atoms with E-state index in [1.54, 1.807) is 0 Å². The molecular formula is C17H23N3O. The number of aromatic amines is 1. The Labute approximate surface area is 125 Å². The Kier molecular flexibility index (Phi) is 3.72. The predicted octanol–water partition coefficient (Wildman–Crippen LogP) is 2.56. The van der Waals surface area contributed by atoms with Crippen LogP contribution in [0.15, 0.2) is 18.2 Å². The van der Waals surface area contributed by atoms with Crippen LogP contribution >= 0.6 is 0 Å². The molecule has 1 aromatic carbocycles. The van der Waals surface area contributed by atoms with Crippen LogP contribution in [0.3, 0.4) is 0 Å². The molecular weight excluding hydrogens is 262 g/mol. The van der Waals surface area contributed by atoms with Crippen molar-refractivity contribution >= 4 is 16.8 Å². The molecule has 1 aliphatic heterocycles. The first kappa shape index (κ1) is 14.1. The minimum absolute atomic E-state index is 0.158. The monoisotopic (exact) mass is 285 g/mol. The molecule has 1 aliphatic rings. The molecule has 0 aliphatic carbocycles. The van der Waals surface area contributed by atoms with Gasteiger partial charge in [-0.25, -0.2) is 0 Å². The molecule has 2 aromatic rings. The molecule has 1 N–H and O–H groups in total. The molecule has 0 spiro atoms. The van der Waals surface area contributed by atoms with Crippen LogP contribution in [0.2, 0.25) is 0 Å². The molecule has 0 atom stereocenters. The van der Waals surface area contributed by atoms with Crippen molar-refractivity contribution in [2.24, 2.45) is 0 Å². The van der Waals surface area contributed by atoms with E-state index in [-0.39, 0.29) is 5.91 Å². The quantitative estimate of drug-likeness (QED) is 0.921. The van der Waals surface area contributed by atoms with Gasteiger partial charge < -0.3 is 14.8 Å². The van der Waals surface area contributed by atoms with Crippen molar-refractivity contribution in [2.75, 3.05) is 32.7 Å². The molecule has 1 saturated heterocycles. The van der Waals surface area contributed by atoms with E-state index in [0.717, 1.165) is 49.2 Å². The van der Waals surface area contributed by atoms with Crippen molar-refractivity contribution in [1.82, 2.24) is 14.8 Å². The zero-order valence-electron chi connectivity index (χ0n) is 13.1. The fourth-order valence-electron chi connectivity index (χ4n) is 3.04. The first-order chi connectivity index (χ1) is 10.1. The third kappa shape index (κ3) is 2.56. The van der Waals surface area contributed by atoms with Crippen molar-refractivity contribution in [1.29, 1.82) is 0 Å². The van der Waals surface area contributed by atoms with E-state index >= 15 is 0 Å². The van der Waals surface area contributed by atoms with Gasteiger partial charge in [0.25, 0.3) is 5.91 Å². The molecule has 1 fully saturated rings. The summed E-state index contributed by atoms with van der Waals surface area (Å²) >= 11 is 0. The SMILES string of the molecule is CCN1CCN(C(=O)c2ccc3[nH]c(C)c(C)c3c2)CC1. The molecule has 0 bridgehead atoms. The van der Waals surface area contributed by atoms with Crippen LogP contribution in [-0.4, -0.2) is 53.4 Å². The van der Waals surface area contributed by atoms with Gasteiger partial charge in [-0.15, -0.1) is 0 Å². The second-order valence-electron chi connectivity index (χ2n) is 5.86. The Morgan fingerprint density at radius 2 is 1.90 bits per heavy atom. The van der Waals surface area contributed by atoms with Gasteiger partial charge in [0, 0.05) is 48.3 Å². The summed E-state index contributed by atoms with van der Waals surface area (Å²) in [4.78, 5) is 20.4. The molecule has 3 rings (SSSR count). The normalized spacial score (nSPS) is 16.6. The molecule has 21 heavy (non-hydrogen) atoms. The average molecular weight is 285 g/mol. The number of aryl methyl sites for hydroxylation is 2. The summed E-state index contributed by atoms with van der Waals surface area (Å²) in [6.45, 7) is 11.0. The van der Waals surface area contributed by atoms with Gasteiger partial charge >= 0.3 is 0 Å². The van der Waals surface area contributed by atoms with Crippen LogP contribution in [0.4, 0.5) is 0 Å². The van der Waals surface area contributed by atoms with Gasteiger partial charge in [0.2, 0.25) is 0 Å². The van der Waals surface area contributed by atoms with Crippen LogP contribution in [-0.2, 0) is 0 Å². The molecule has 0 radical (unpaired) electrons. The van der Waals surface area contributed by atoms with Crippen LogP contribution < -0.4 is 0 Å². The standard InChI is InChI=1S/C17H23N3O/c1-4-19-7-9-20(10-8-19)17(21)14-5-6-16-15(11-14)12(2)13(3)18-16/h5-6,11,18H,4,7-10H2,1-3H3. The second-order valence-corrected chi connectivity index (χ2v) is 5.86. The van der Waals surface area contributed by atoms with E-state index in [1.807, 2.05) is 23.1 Å². The lowest BCUT2D eigenvalue weighted by Crippen LogP contribution is -2.48. The summed E-state index contributed by atoms with van der Waals surface area (Å²) in [5.41, 5.74) is 4.31. The third-order valence-corrected chi connectivity index (χ3v) is 4.66. The number of carbonyl (C=O) groups is 1. The molecule has 112 valence electrons. The number of carbonyl (C=O) groups excluding carboxylic acids is 1. The van der Waals surface area contributed by atoms with Gasteiger partial charge in [0.15, 0.2) is 0 Å². The maximum absolute atomic E-state index is 12.7. The highest BCUT2D eigenvalue weighted by Gasteiger charge is 2.21. The molecule has 0 saturated carbocycles. The lowest BCUT2D eigenvalue weighted by molar-refractivity contribution is 0.0643. The Morgan fingerprint density at radius 1 is 1.19 bits per heavy atom. The van der Waals surface area contributed by atoms with Crippen molar-refractivity contribution in [2.45, 2.75) is 20.8 Å². The Hall–Kier alpha value is -1.81. The molecule has 4 nitrogen and oxygen atoms in total. The maximum Gasteiger partial charge on any atom is 0.253 e. The van der Waals surface area contributed by atoms with Crippen molar-refractivity contribution < 1.29 is 4.79 Å². The number of fused-ring (bicyclic) bond motifs is 1. The number of aromatic nitrogens is 1. The lowest BCUT2D eigenvalue weighted by atomic mass is 10.1. The highest BCUT2D eigenvalue weighted by Crippen LogP contribution is 2.23. The number of amides is 1. The van der Waals surface area contributed by atoms with Gasteiger partial charge in [-0.2, -0.15) is 0 Å². The summed E-state index contributed by atoms with van der Waals surface area (Å²) in [5, 5.41) is 1.16. The molecule has 4 heteroatoms. The molecule has 1 amide bonds. The number of likely N-dealkylation sites (N-methyl/N-ethyl adjacent to an activating group) is 1. The van der Waals surface area contributed by atoms with Crippen molar-refractivity contribution in [3.63, 3.8) is 0 Å². The Bertz CT molecular complexity index is 666. The number of hydrogen-bond donors (Lipinski definition) is 1. The molecule has 0 unspecified atom stereocenters. The number of H-pyrrole nitrogens is 1. The third-order valence-electron chi connectivity index (χ3n) is 4.66. The van der Waals surface area contributed by atoms with E-state index < -0.39 is 0 Å². The number of nitrogens with one attached hydrogen (secondary N) is 1. The van der Waals surface area contributed by atoms with Crippen molar-refractivity contribution in [3.8, 4) is 0 Å². The van der Waals surface area contributed by atoms with Gasteiger partial charge in [-0.3, -0.25) is 4.79 Å². The number of benzene rings is 1. The highest BCUT2D eigenvalue weighted by molar-refractivity contribution is 5.99. The smallest absolute Gasteiger partial charge is 0.253 e. The van der Waals surface area contributed by atoms with Gasteiger partial charge in [0.1, 0.15) is 0 Å². The zero-order valence-corrected chi connectivity index (χ0v) is 13.1. The topological polar surface area (TPSA) is 39.3 Å². The van der Waals surface area contributed by atoms with Gasteiger partial charge in [-0.05, 0) is 44.2 Å². The second kappa shape index (κ2) is 5.53. The minimum atomic E-state index is 0.158. The summed E-state index contributed by atoms with van der Waals surface area (Å²) < 4.78 is 0. The van der Waals surface area contributed by atoms with Crippen LogP contribution in [0.25, 0.3) is 10.9 Å². The van der Waals surface area contributed by atoms with Crippen molar-refractivity contribution in [3.05, 3.63) is 35.0 Å². The number of nitrogens with zero attached hydrogens (tertiary/aromatic N) is 2. The summed E-state index contributed by atoms with van der Waals surface area (Å²) in [6, 6.07) is 5.99. The van der Waals surface area contributed by atoms with Gasteiger partial charge in [-0.1, -0.05) is 6.92 Å². The number of rotatable bonds is 2.